The lowest BCUT2D eigenvalue weighted by Crippen LogP contribution is -3.14. The Morgan fingerprint density at radius 3 is 2.91 bits per heavy atom. The molecule has 1 unspecified atom stereocenters. The molecule has 2 aliphatic rings. The van der Waals surface area contributed by atoms with Gasteiger partial charge in [0.25, 0.3) is 5.91 Å². The van der Waals surface area contributed by atoms with Gasteiger partial charge in [-0.1, -0.05) is 6.92 Å². The Hall–Kier alpha value is -1.40. The van der Waals surface area contributed by atoms with E-state index in [1.165, 1.54) is 28.2 Å². The number of amides is 3. The molecule has 23 heavy (non-hydrogen) atoms. The number of hydrogen-bond acceptors (Lipinski definition) is 3. The lowest BCUT2D eigenvalue weighted by Gasteiger charge is -2.32. The normalized spacial score (nSPS) is 24.6. The topological polar surface area (TPSA) is 62.6 Å². The zero-order chi connectivity index (χ0) is 16.4. The van der Waals surface area contributed by atoms with E-state index in [4.69, 9.17) is 0 Å². The molecule has 5 nitrogen and oxygen atoms in total. The summed E-state index contributed by atoms with van der Waals surface area (Å²) >= 11 is 1.84. The second-order valence-electron chi connectivity index (χ2n) is 6.78. The summed E-state index contributed by atoms with van der Waals surface area (Å²) < 4.78 is 0. The Morgan fingerprint density at radius 2 is 2.22 bits per heavy atom. The van der Waals surface area contributed by atoms with E-state index in [0.29, 0.717) is 18.5 Å². The van der Waals surface area contributed by atoms with Gasteiger partial charge in [0.1, 0.15) is 6.04 Å². The molecule has 6 heteroatoms. The van der Waals surface area contributed by atoms with Gasteiger partial charge in [0, 0.05) is 28.8 Å². The molecule has 1 aliphatic heterocycles. The summed E-state index contributed by atoms with van der Waals surface area (Å²) in [7, 11) is 0. The zero-order valence-electron chi connectivity index (χ0n) is 13.9. The fourth-order valence-corrected chi connectivity index (χ4v) is 4.36. The largest absolute Gasteiger partial charge is 0.335 e. The van der Waals surface area contributed by atoms with Gasteiger partial charge in [0.2, 0.25) is 0 Å². The molecular formula is C17H26N3O2S+. The average molecular weight is 336 g/mol. The van der Waals surface area contributed by atoms with Crippen LogP contribution in [0.5, 0.6) is 0 Å². The number of nitrogens with one attached hydrogen (secondary N) is 3. The number of rotatable bonds is 5. The standard InChI is InChI=1S/C17H25N3O2S/c1-3-11(2)18-17(22)19-15(21)10-20-8-6-14-13(7-9-23-14)16(20)12-4-5-12/h7,9,11-12,16H,3-6,8,10H2,1-2H3,(H2,18,19,21,22)/p+1/t11-,16-/m0/s1. The maximum atomic E-state index is 12.2. The summed E-state index contributed by atoms with van der Waals surface area (Å²) in [6.07, 6.45) is 4.42. The third-order valence-corrected chi connectivity index (χ3v) is 5.95. The molecule has 0 bridgehead atoms. The summed E-state index contributed by atoms with van der Waals surface area (Å²) in [6.45, 7) is 5.30. The van der Waals surface area contributed by atoms with Crippen LogP contribution in [-0.2, 0) is 11.2 Å². The lowest BCUT2D eigenvalue weighted by molar-refractivity contribution is -0.928. The summed E-state index contributed by atoms with van der Waals surface area (Å²) in [5.41, 5.74) is 1.44. The molecule has 1 aromatic heterocycles. The number of hydrogen-bond donors (Lipinski definition) is 3. The van der Waals surface area contributed by atoms with Crippen molar-refractivity contribution in [3.8, 4) is 0 Å². The Labute approximate surface area is 141 Å². The van der Waals surface area contributed by atoms with Gasteiger partial charge in [-0.05, 0) is 37.6 Å². The van der Waals surface area contributed by atoms with Crippen LogP contribution < -0.4 is 15.5 Å². The average Bonchev–Trinajstić information content (AvgIpc) is 3.23. The van der Waals surface area contributed by atoms with E-state index in [0.717, 1.165) is 19.4 Å². The van der Waals surface area contributed by atoms with E-state index >= 15 is 0 Å². The molecule has 3 rings (SSSR count). The Kier molecular flexibility index (Phi) is 5.02. The highest BCUT2D eigenvalue weighted by Crippen LogP contribution is 2.42. The van der Waals surface area contributed by atoms with Crippen LogP contribution in [0.2, 0.25) is 0 Å². The van der Waals surface area contributed by atoms with Crippen molar-refractivity contribution in [3.05, 3.63) is 21.9 Å². The number of carbonyl (C=O) groups excluding carboxylic acids is 2. The second kappa shape index (κ2) is 7.01. The minimum Gasteiger partial charge on any atom is -0.335 e. The van der Waals surface area contributed by atoms with Gasteiger partial charge in [0.05, 0.1) is 6.54 Å². The van der Waals surface area contributed by atoms with Crippen molar-refractivity contribution in [2.24, 2.45) is 5.92 Å². The van der Waals surface area contributed by atoms with E-state index in [-0.39, 0.29) is 18.0 Å². The first kappa shape index (κ1) is 16.5. The molecule has 3 amide bonds. The van der Waals surface area contributed by atoms with Crippen LogP contribution in [0.15, 0.2) is 11.4 Å². The highest BCUT2D eigenvalue weighted by atomic mass is 32.1. The van der Waals surface area contributed by atoms with Crippen molar-refractivity contribution in [1.82, 2.24) is 10.6 Å². The SMILES string of the molecule is CC[C@H](C)NC(=O)NC(=O)C[NH+]1CCc2sccc2[C@@H]1C1CC1. The van der Waals surface area contributed by atoms with Crippen LogP contribution in [0, 0.1) is 5.92 Å². The molecule has 0 radical (unpaired) electrons. The molecule has 0 aromatic carbocycles. The highest BCUT2D eigenvalue weighted by Gasteiger charge is 2.43. The van der Waals surface area contributed by atoms with Crippen molar-refractivity contribution >= 4 is 23.3 Å². The van der Waals surface area contributed by atoms with Gasteiger partial charge >= 0.3 is 6.03 Å². The third-order valence-electron chi connectivity index (χ3n) is 4.95. The van der Waals surface area contributed by atoms with E-state index in [1.807, 2.05) is 25.2 Å². The number of thiophene rings is 1. The minimum atomic E-state index is -0.375. The first-order chi connectivity index (χ1) is 11.1. The first-order valence-corrected chi connectivity index (χ1v) is 9.47. The lowest BCUT2D eigenvalue weighted by atomic mass is 9.96. The summed E-state index contributed by atoms with van der Waals surface area (Å²) in [5, 5.41) is 7.43. The van der Waals surface area contributed by atoms with Crippen molar-refractivity contribution < 1.29 is 14.5 Å². The highest BCUT2D eigenvalue weighted by molar-refractivity contribution is 7.10. The molecule has 0 spiro atoms. The van der Waals surface area contributed by atoms with Gasteiger partial charge in [-0.3, -0.25) is 10.1 Å². The smallest absolute Gasteiger partial charge is 0.321 e. The summed E-state index contributed by atoms with van der Waals surface area (Å²) in [6, 6.07) is 2.38. The van der Waals surface area contributed by atoms with Crippen LogP contribution in [0.4, 0.5) is 4.79 Å². The van der Waals surface area contributed by atoms with Gasteiger partial charge in [-0.15, -0.1) is 11.3 Å². The van der Waals surface area contributed by atoms with Gasteiger partial charge in [-0.2, -0.15) is 0 Å². The van der Waals surface area contributed by atoms with Crippen LogP contribution in [0.1, 0.15) is 49.6 Å². The van der Waals surface area contributed by atoms with Crippen LogP contribution >= 0.6 is 11.3 Å². The Bertz CT molecular complexity index is 582. The molecule has 3 atom stereocenters. The van der Waals surface area contributed by atoms with E-state index in [2.05, 4.69) is 22.1 Å². The molecule has 1 fully saturated rings. The van der Waals surface area contributed by atoms with Crippen molar-refractivity contribution in [3.63, 3.8) is 0 Å². The summed E-state index contributed by atoms with van der Waals surface area (Å²) in [4.78, 5) is 26.8. The third kappa shape index (κ3) is 3.93. The Balaban J connectivity index is 1.59. The molecule has 1 aliphatic carbocycles. The molecule has 1 saturated carbocycles. The quantitative estimate of drug-likeness (QED) is 0.758. The monoisotopic (exact) mass is 336 g/mol. The van der Waals surface area contributed by atoms with Crippen LogP contribution in [-0.4, -0.2) is 31.1 Å². The van der Waals surface area contributed by atoms with Crippen LogP contribution in [0.3, 0.4) is 0 Å². The van der Waals surface area contributed by atoms with E-state index < -0.39 is 0 Å². The zero-order valence-corrected chi connectivity index (χ0v) is 14.7. The maximum absolute atomic E-state index is 12.2. The van der Waals surface area contributed by atoms with E-state index in [9.17, 15) is 9.59 Å². The fraction of sp³-hybridized carbons (Fsp3) is 0.647. The molecule has 0 saturated heterocycles. The van der Waals surface area contributed by atoms with Gasteiger partial charge in [-0.25, -0.2) is 4.79 Å². The molecule has 1 aromatic rings. The first-order valence-electron chi connectivity index (χ1n) is 8.59. The minimum absolute atomic E-state index is 0.0812. The van der Waals surface area contributed by atoms with Crippen molar-refractivity contribution in [2.45, 2.75) is 51.6 Å². The molecule has 2 heterocycles. The number of quaternary nitrogens is 1. The Morgan fingerprint density at radius 1 is 1.43 bits per heavy atom. The summed E-state index contributed by atoms with van der Waals surface area (Å²) in [5.74, 6) is 0.533. The van der Waals surface area contributed by atoms with Crippen molar-refractivity contribution in [1.29, 1.82) is 0 Å². The van der Waals surface area contributed by atoms with Crippen molar-refractivity contribution in [2.75, 3.05) is 13.1 Å². The molecular weight excluding hydrogens is 310 g/mol. The second-order valence-corrected chi connectivity index (χ2v) is 7.78. The molecule has 126 valence electrons. The van der Waals surface area contributed by atoms with Gasteiger partial charge < -0.3 is 10.2 Å². The fourth-order valence-electron chi connectivity index (χ4n) is 3.43. The number of fused-ring (bicyclic) bond motifs is 1. The van der Waals surface area contributed by atoms with Crippen LogP contribution in [0.25, 0.3) is 0 Å². The number of urea groups is 1. The predicted octanol–water partition coefficient (Wildman–Crippen LogP) is 1.26. The van der Waals surface area contributed by atoms with Gasteiger partial charge in [0.15, 0.2) is 6.54 Å². The predicted molar refractivity (Wildman–Crippen MR) is 90.6 cm³/mol. The number of carbonyl (C=O) groups is 2. The molecule has 3 N–H and O–H groups in total. The number of imide groups is 1. The van der Waals surface area contributed by atoms with E-state index in [1.54, 1.807) is 0 Å². The maximum Gasteiger partial charge on any atom is 0.321 e.